The molecule has 0 atom stereocenters. The number of nitrogens with two attached hydrogens (primary N) is 2. The predicted molar refractivity (Wildman–Crippen MR) is 92.3 cm³/mol. The zero-order valence-corrected chi connectivity index (χ0v) is 13.2. The second kappa shape index (κ2) is 6.23. The lowest BCUT2D eigenvalue weighted by Gasteiger charge is -2.44. The molecule has 1 aliphatic rings. The van der Waals surface area contributed by atoms with E-state index in [9.17, 15) is 0 Å². The first-order chi connectivity index (χ1) is 10.6. The number of rotatable bonds is 4. The van der Waals surface area contributed by atoms with Gasteiger partial charge in [-0.3, -0.25) is 0 Å². The Kier molecular flexibility index (Phi) is 4.32. The van der Waals surface area contributed by atoms with Gasteiger partial charge >= 0.3 is 0 Å². The molecule has 0 saturated heterocycles. The summed E-state index contributed by atoms with van der Waals surface area (Å²) in [7, 11) is 0. The number of benzene rings is 2. The average molecular weight is 294 g/mol. The van der Waals surface area contributed by atoms with Crippen molar-refractivity contribution in [1.82, 2.24) is 0 Å². The molecular formula is C20H26N2. The van der Waals surface area contributed by atoms with Gasteiger partial charge in [-0.25, -0.2) is 0 Å². The van der Waals surface area contributed by atoms with Gasteiger partial charge in [0, 0.05) is 0 Å². The van der Waals surface area contributed by atoms with Crippen molar-refractivity contribution in [2.75, 3.05) is 0 Å². The van der Waals surface area contributed by atoms with Gasteiger partial charge in [0.2, 0.25) is 0 Å². The monoisotopic (exact) mass is 294 g/mol. The molecule has 0 spiro atoms. The van der Waals surface area contributed by atoms with Gasteiger partial charge in [0.1, 0.15) is 0 Å². The van der Waals surface area contributed by atoms with Crippen LogP contribution in [0.25, 0.3) is 0 Å². The molecule has 2 aromatic carbocycles. The summed E-state index contributed by atoms with van der Waals surface area (Å²) >= 11 is 0. The van der Waals surface area contributed by atoms with E-state index in [0.29, 0.717) is 0 Å². The van der Waals surface area contributed by atoms with Gasteiger partial charge in [-0.1, -0.05) is 60.7 Å². The number of hydrogen-bond donors (Lipinski definition) is 2. The van der Waals surface area contributed by atoms with Crippen LogP contribution >= 0.6 is 0 Å². The molecule has 116 valence electrons. The van der Waals surface area contributed by atoms with Crippen LogP contribution in [0.3, 0.4) is 0 Å². The van der Waals surface area contributed by atoms with E-state index in [1.807, 2.05) is 0 Å². The normalized spacial score (nSPS) is 19.7. The fourth-order valence-electron chi connectivity index (χ4n) is 3.72. The molecule has 0 bridgehead atoms. The first kappa shape index (κ1) is 15.3. The van der Waals surface area contributed by atoms with Gasteiger partial charge in [-0.05, 0) is 55.1 Å². The Bertz CT molecular complexity index is 536. The van der Waals surface area contributed by atoms with Crippen LogP contribution in [0.1, 0.15) is 36.8 Å². The average Bonchev–Trinajstić information content (AvgIpc) is 2.53. The van der Waals surface area contributed by atoms with E-state index in [1.165, 1.54) is 11.1 Å². The maximum atomic E-state index is 6.16. The van der Waals surface area contributed by atoms with Crippen molar-refractivity contribution in [2.24, 2.45) is 16.9 Å². The summed E-state index contributed by atoms with van der Waals surface area (Å²) < 4.78 is 0. The fourth-order valence-corrected chi connectivity index (χ4v) is 3.72. The fraction of sp³-hybridized carbons (Fsp3) is 0.400. The van der Waals surface area contributed by atoms with Crippen molar-refractivity contribution in [1.29, 1.82) is 0 Å². The second-order valence-corrected chi connectivity index (χ2v) is 7.06. The van der Waals surface area contributed by atoms with E-state index in [2.05, 4.69) is 60.7 Å². The van der Waals surface area contributed by atoms with Crippen molar-refractivity contribution < 1.29 is 0 Å². The van der Waals surface area contributed by atoms with Crippen LogP contribution in [0.5, 0.6) is 0 Å². The maximum Gasteiger partial charge on any atom is 0.0637 e. The molecule has 0 amide bonds. The zero-order valence-electron chi connectivity index (χ0n) is 13.2. The van der Waals surface area contributed by atoms with Gasteiger partial charge in [0.15, 0.2) is 0 Å². The minimum atomic E-state index is -0.475. The lowest BCUT2D eigenvalue weighted by Crippen LogP contribution is -2.54. The SMILES string of the molecule is NC1(N)CCC(Cc2ccccc2)(Cc2ccccc2)CC1. The lowest BCUT2D eigenvalue weighted by molar-refractivity contribution is 0.130. The molecule has 0 unspecified atom stereocenters. The zero-order chi connectivity index (χ0) is 15.5. The van der Waals surface area contributed by atoms with Crippen LogP contribution in [0.2, 0.25) is 0 Å². The van der Waals surface area contributed by atoms with E-state index in [-0.39, 0.29) is 5.41 Å². The third kappa shape index (κ3) is 3.76. The number of hydrogen-bond acceptors (Lipinski definition) is 2. The van der Waals surface area contributed by atoms with Crippen LogP contribution in [-0.4, -0.2) is 5.66 Å². The van der Waals surface area contributed by atoms with Crippen LogP contribution in [-0.2, 0) is 12.8 Å². The van der Waals surface area contributed by atoms with Crippen molar-refractivity contribution in [3.05, 3.63) is 71.8 Å². The van der Waals surface area contributed by atoms with Crippen molar-refractivity contribution in [2.45, 2.75) is 44.2 Å². The topological polar surface area (TPSA) is 52.0 Å². The van der Waals surface area contributed by atoms with E-state index < -0.39 is 5.66 Å². The van der Waals surface area contributed by atoms with Crippen LogP contribution < -0.4 is 11.5 Å². The van der Waals surface area contributed by atoms with E-state index in [1.54, 1.807) is 0 Å². The first-order valence-corrected chi connectivity index (χ1v) is 8.23. The highest BCUT2D eigenvalue weighted by molar-refractivity contribution is 5.21. The summed E-state index contributed by atoms with van der Waals surface area (Å²) in [4.78, 5) is 0. The predicted octanol–water partition coefficient (Wildman–Crippen LogP) is 3.65. The van der Waals surface area contributed by atoms with E-state index in [0.717, 1.165) is 38.5 Å². The van der Waals surface area contributed by atoms with E-state index in [4.69, 9.17) is 11.5 Å². The second-order valence-electron chi connectivity index (χ2n) is 7.06. The van der Waals surface area contributed by atoms with Crippen molar-refractivity contribution in [3.63, 3.8) is 0 Å². The van der Waals surface area contributed by atoms with Gasteiger partial charge in [-0.2, -0.15) is 0 Å². The molecule has 2 aromatic rings. The van der Waals surface area contributed by atoms with Crippen LogP contribution in [0.15, 0.2) is 60.7 Å². The van der Waals surface area contributed by atoms with Crippen molar-refractivity contribution >= 4 is 0 Å². The van der Waals surface area contributed by atoms with Crippen LogP contribution in [0.4, 0.5) is 0 Å². The Hall–Kier alpha value is -1.64. The Balaban J connectivity index is 1.82. The largest absolute Gasteiger partial charge is 0.313 e. The minimum Gasteiger partial charge on any atom is -0.313 e. The highest BCUT2D eigenvalue weighted by Gasteiger charge is 2.39. The molecule has 0 aliphatic heterocycles. The summed E-state index contributed by atoms with van der Waals surface area (Å²) in [5.41, 5.74) is 15.0. The molecule has 0 aromatic heterocycles. The van der Waals surface area contributed by atoms with Gasteiger partial charge in [0.05, 0.1) is 5.66 Å². The Morgan fingerprint density at radius 2 is 1.05 bits per heavy atom. The quantitative estimate of drug-likeness (QED) is 0.846. The molecule has 2 nitrogen and oxygen atoms in total. The molecular weight excluding hydrogens is 268 g/mol. The Morgan fingerprint density at radius 1 is 0.636 bits per heavy atom. The minimum absolute atomic E-state index is 0.283. The molecule has 2 heteroatoms. The van der Waals surface area contributed by atoms with Gasteiger partial charge < -0.3 is 11.5 Å². The smallest absolute Gasteiger partial charge is 0.0637 e. The molecule has 4 N–H and O–H groups in total. The maximum absolute atomic E-state index is 6.16. The highest BCUT2D eigenvalue weighted by Crippen LogP contribution is 2.43. The van der Waals surface area contributed by atoms with Gasteiger partial charge in [-0.15, -0.1) is 0 Å². The molecule has 1 saturated carbocycles. The third-order valence-corrected chi connectivity index (χ3v) is 5.09. The molecule has 0 heterocycles. The van der Waals surface area contributed by atoms with Crippen LogP contribution in [0, 0.1) is 5.41 Å². The van der Waals surface area contributed by atoms with E-state index >= 15 is 0 Å². The summed E-state index contributed by atoms with van der Waals surface area (Å²) in [6.45, 7) is 0. The molecule has 3 rings (SSSR count). The van der Waals surface area contributed by atoms with Crippen molar-refractivity contribution in [3.8, 4) is 0 Å². The molecule has 0 radical (unpaired) electrons. The molecule has 22 heavy (non-hydrogen) atoms. The molecule has 1 fully saturated rings. The third-order valence-electron chi connectivity index (χ3n) is 5.09. The summed E-state index contributed by atoms with van der Waals surface area (Å²) in [6, 6.07) is 21.6. The summed E-state index contributed by atoms with van der Waals surface area (Å²) in [5, 5.41) is 0. The molecule has 1 aliphatic carbocycles. The highest BCUT2D eigenvalue weighted by atomic mass is 15.0. The first-order valence-electron chi connectivity index (χ1n) is 8.23. The Morgan fingerprint density at radius 3 is 1.45 bits per heavy atom. The standard InChI is InChI=1S/C20H26N2/c21-20(22)13-11-19(12-14-20,15-17-7-3-1-4-8-17)16-18-9-5-2-6-10-18/h1-10H,11-16,21-22H2. The lowest BCUT2D eigenvalue weighted by atomic mass is 9.65. The summed E-state index contributed by atoms with van der Waals surface area (Å²) in [5.74, 6) is 0. The Labute approximate surface area is 133 Å². The van der Waals surface area contributed by atoms with Gasteiger partial charge in [0.25, 0.3) is 0 Å². The summed E-state index contributed by atoms with van der Waals surface area (Å²) in [6.07, 6.45) is 6.24.